The van der Waals surface area contributed by atoms with Gasteiger partial charge in [-0.2, -0.15) is 0 Å². The Kier molecular flexibility index (Phi) is 8.42. The van der Waals surface area contributed by atoms with E-state index in [1.165, 1.54) is 0 Å². The van der Waals surface area contributed by atoms with E-state index in [-0.39, 0.29) is 30.8 Å². The molecule has 4 N–H and O–H groups in total. The molecule has 2 aromatic rings. The second-order valence-corrected chi connectivity index (χ2v) is 7.73. The molecule has 3 rings (SSSR count). The normalized spacial score (nSPS) is 15.6. The van der Waals surface area contributed by atoms with Gasteiger partial charge in [0, 0.05) is 26.1 Å². The molecule has 170 valence electrons. The lowest BCUT2D eigenvalue weighted by molar-refractivity contribution is -0.122. The van der Waals surface area contributed by atoms with Crippen molar-refractivity contribution in [3.63, 3.8) is 0 Å². The van der Waals surface area contributed by atoms with Crippen LogP contribution in [-0.4, -0.2) is 42.5 Å². The first-order chi connectivity index (χ1) is 15.5. The van der Waals surface area contributed by atoms with Crippen LogP contribution in [0.4, 0.5) is 16.3 Å². The zero-order valence-electron chi connectivity index (χ0n) is 18.0. The maximum atomic E-state index is 12.1. The number of nitrogens with zero attached hydrogens (tertiary/aromatic N) is 2. The van der Waals surface area contributed by atoms with E-state index in [1.807, 2.05) is 41.3 Å². The number of piperidine rings is 1. The van der Waals surface area contributed by atoms with Crippen LogP contribution in [0, 0.1) is 5.92 Å². The number of anilines is 2. The van der Waals surface area contributed by atoms with Gasteiger partial charge < -0.3 is 26.0 Å². The molecule has 32 heavy (non-hydrogen) atoms. The molecule has 0 radical (unpaired) electrons. The second-order valence-electron chi connectivity index (χ2n) is 7.73. The van der Waals surface area contributed by atoms with Crippen molar-refractivity contribution >= 4 is 29.4 Å². The Morgan fingerprint density at radius 1 is 1.16 bits per heavy atom. The summed E-state index contributed by atoms with van der Waals surface area (Å²) in [7, 11) is 0. The van der Waals surface area contributed by atoms with Gasteiger partial charge >= 0.3 is 6.09 Å². The van der Waals surface area contributed by atoms with E-state index in [0.29, 0.717) is 25.2 Å². The molecular formula is C23H29N5O4. The number of rotatable bonds is 9. The lowest BCUT2D eigenvalue weighted by Gasteiger charge is -2.32. The fraction of sp³-hybridized carbons (Fsp3) is 0.391. The first-order valence-electron chi connectivity index (χ1n) is 10.8. The van der Waals surface area contributed by atoms with Crippen molar-refractivity contribution in [2.24, 2.45) is 11.7 Å². The summed E-state index contributed by atoms with van der Waals surface area (Å²) in [5.74, 6) is 0.157. The number of carbonyl (C=O) groups excluding carboxylic acids is 3. The number of nitrogens with two attached hydrogens (primary N) is 1. The van der Waals surface area contributed by atoms with Gasteiger partial charge in [0.25, 0.3) is 0 Å². The second kappa shape index (κ2) is 11.7. The van der Waals surface area contributed by atoms with Crippen LogP contribution in [0.3, 0.4) is 0 Å². The van der Waals surface area contributed by atoms with E-state index in [1.54, 1.807) is 12.3 Å². The fourth-order valence-electron chi connectivity index (χ4n) is 3.50. The SMILES string of the molecule is NC(=O)C1CCCN(c2ccc(NC(=O)CCCNC(=O)OCc3ccccc3)cn2)C1. The smallest absolute Gasteiger partial charge is 0.407 e. The molecule has 0 aliphatic carbocycles. The Labute approximate surface area is 187 Å². The quantitative estimate of drug-likeness (QED) is 0.515. The maximum absolute atomic E-state index is 12.1. The standard InChI is InChI=1S/C23H29N5O4/c24-22(30)18-8-5-13-28(15-18)20-11-10-19(14-26-20)27-21(29)9-4-12-25-23(31)32-16-17-6-2-1-3-7-17/h1-3,6-7,10-11,14,18H,4-5,8-9,12-13,15-16H2,(H2,24,30)(H,25,31)(H,27,29). The summed E-state index contributed by atoms with van der Waals surface area (Å²) in [6.45, 7) is 1.93. The lowest BCUT2D eigenvalue weighted by atomic mass is 9.97. The third-order valence-corrected chi connectivity index (χ3v) is 5.24. The third kappa shape index (κ3) is 7.26. The number of nitrogens with one attached hydrogen (secondary N) is 2. The van der Waals surface area contributed by atoms with E-state index < -0.39 is 6.09 Å². The number of pyridine rings is 1. The molecule has 1 unspecified atom stereocenters. The number of carbonyl (C=O) groups is 3. The molecule has 3 amide bonds. The topological polar surface area (TPSA) is 127 Å². The Bertz CT molecular complexity index is 904. The number of amides is 3. The number of benzene rings is 1. The van der Waals surface area contributed by atoms with Crippen LogP contribution in [-0.2, 0) is 20.9 Å². The van der Waals surface area contributed by atoms with Gasteiger partial charge in [0.2, 0.25) is 11.8 Å². The van der Waals surface area contributed by atoms with Crippen molar-refractivity contribution in [3.05, 3.63) is 54.2 Å². The minimum absolute atomic E-state index is 0.158. The van der Waals surface area contributed by atoms with Crippen molar-refractivity contribution in [2.75, 3.05) is 29.9 Å². The Balaban J connectivity index is 1.33. The zero-order chi connectivity index (χ0) is 22.8. The number of aromatic nitrogens is 1. The molecule has 9 nitrogen and oxygen atoms in total. The van der Waals surface area contributed by atoms with Crippen LogP contribution < -0.4 is 21.3 Å². The van der Waals surface area contributed by atoms with Crippen molar-refractivity contribution in [3.8, 4) is 0 Å². The minimum atomic E-state index is -0.509. The van der Waals surface area contributed by atoms with Gasteiger partial charge in [-0.25, -0.2) is 9.78 Å². The molecule has 1 fully saturated rings. The van der Waals surface area contributed by atoms with Gasteiger partial charge in [-0.1, -0.05) is 30.3 Å². The fourth-order valence-corrected chi connectivity index (χ4v) is 3.50. The number of alkyl carbamates (subject to hydrolysis) is 1. The molecule has 1 aliphatic rings. The summed E-state index contributed by atoms with van der Waals surface area (Å²) in [5.41, 5.74) is 6.94. The van der Waals surface area contributed by atoms with Gasteiger partial charge in [-0.3, -0.25) is 9.59 Å². The van der Waals surface area contributed by atoms with Crippen LogP contribution in [0.5, 0.6) is 0 Å². The molecule has 0 saturated carbocycles. The van der Waals surface area contributed by atoms with Crippen LogP contribution in [0.15, 0.2) is 48.7 Å². The molecule has 1 saturated heterocycles. The summed E-state index contributed by atoms with van der Waals surface area (Å²) in [6.07, 6.45) is 3.53. The largest absolute Gasteiger partial charge is 0.445 e. The summed E-state index contributed by atoms with van der Waals surface area (Å²) in [4.78, 5) is 41.7. The Hall–Kier alpha value is -3.62. The molecule has 0 spiro atoms. The number of primary amides is 1. The van der Waals surface area contributed by atoms with E-state index in [9.17, 15) is 14.4 Å². The highest BCUT2D eigenvalue weighted by molar-refractivity contribution is 5.90. The summed E-state index contributed by atoms with van der Waals surface area (Å²) in [6, 6.07) is 13.0. The molecule has 1 atom stereocenters. The summed E-state index contributed by atoms with van der Waals surface area (Å²) in [5, 5.41) is 5.43. The van der Waals surface area contributed by atoms with Crippen LogP contribution >= 0.6 is 0 Å². The van der Waals surface area contributed by atoms with Gasteiger partial charge in [0.05, 0.1) is 17.8 Å². The van der Waals surface area contributed by atoms with Crippen LogP contribution in [0.2, 0.25) is 0 Å². The average Bonchev–Trinajstić information content (AvgIpc) is 2.82. The molecule has 2 heterocycles. The van der Waals surface area contributed by atoms with Crippen molar-refractivity contribution in [1.82, 2.24) is 10.3 Å². The Morgan fingerprint density at radius 3 is 2.69 bits per heavy atom. The first-order valence-corrected chi connectivity index (χ1v) is 10.8. The predicted molar refractivity (Wildman–Crippen MR) is 121 cm³/mol. The van der Waals surface area contributed by atoms with E-state index in [0.717, 1.165) is 30.8 Å². The molecule has 1 aliphatic heterocycles. The van der Waals surface area contributed by atoms with Crippen molar-refractivity contribution in [2.45, 2.75) is 32.3 Å². The van der Waals surface area contributed by atoms with E-state index in [4.69, 9.17) is 10.5 Å². The number of ether oxygens (including phenoxy) is 1. The zero-order valence-corrected chi connectivity index (χ0v) is 18.0. The van der Waals surface area contributed by atoms with Crippen molar-refractivity contribution in [1.29, 1.82) is 0 Å². The van der Waals surface area contributed by atoms with Crippen LogP contribution in [0.1, 0.15) is 31.2 Å². The van der Waals surface area contributed by atoms with Gasteiger partial charge in [0.1, 0.15) is 12.4 Å². The highest BCUT2D eigenvalue weighted by Gasteiger charge is 2.24. The number of hydrogen-bond donors (Lipinski definition) is 3. The highest BCUT2D eigenvalue weighted by Crippen LogP contribution is 2.22. The van der Waals surface area contributed by atoms with E-state index in [2.05, 4.69) is 15.6 Å². The monoisotopic (exact) mass is 439 g/mol. The molecule has 9 heteroatoms. The molecule has 1 aromatic heterocycles. The first kappa shape index (κ1) is 23.1. The van der Waals surface area contributed by atoms with Crippen LogP contribution in [0.25, 0.3) is 0 Å². The molecular weight excluding hydrogens is 410 g/mol. The maximum Gasteiger partial charge on any atom is 0.407 e. The summed E-state index contributed by atoms with van der Waals surface area (Å²) >= 11 is 0. The van der Waals surface area contributed by atoms with Gasteiger partial charge in [0.15, 0.2) is 0 Å². The van der Waals surface area contributed by atoms with Gasteiger partial charge in [-0.15, -0.1) is 0 Å². The highest BCUT2D eigenvalue weighted by atomic mass is 16.5. The van der Waals surface area contributed by atoms with E-state index >= 15 is 0 Å². The minimum Gasteiger partial charge on any atom is -0.445 e. The Morgan fingerprint density at radius 2 is 1.97 bits per heavy atom. The summed E-state index contributed by atoms with van der Waals surface area (Å²) < 4.78 is 5.12. The van der Waals surface area contributed by atoms with Gasteiger partial charge in [-0.05, 0) is 37.0 Å². The lowest BCUT2D eigenvalue weighted by Crippen LogP contribution is -2.41. The molecule has 1 aromatic carbocycles. The molecule has 0 bridgehead atoms. The predicted octanol–water partition coefficient (Wildman–Crippen LogP) is 2.43. The van der Waals surface area contributed by atoms with Crippen molar-refractivity contribution < 1.29 is 19.1 Å². The number of hydrogen-bond acceptors (Lipinski definition) is 6. The third-order valence-electron chi connectivity index (χ3n) is 5.24. The average molecular weight is 440 g/mol.